The molecule has 130 valence electrons. The predicted octanol–water partition coefficient (Wildman–Crippen LogP) is 2.59. The number of benzene rings is 1. The predicted molar refractivity (Wildman–Crippen MR) is 80.9 cm³/mol. The van der Waals surface area contributed by atoms with Crippen molar-refractivity contribution in [2.45, 2.75) is 17.6 Å². The number of anilines is 1. The van der Waals surface area contributed by atoms with Crippen LogP contribution in [-0.4, -0.2) is 16.9 Å². The summed E-state index contributed by atoms with van der Waals surface area (Å²) >= 11 is 6.88. The number of aryl methyl sites for hydroxylation is 1. The third-order valence-corrected chi connectivity index (χ3v) is 4.34. The minimum Gasteiger partial charge on any atom is -0.325 e. The summed E-state index contributed by atoms with van der Waals surface area (Å²) in [6.45, 7) is 0. The number of rotatable bonds is 5. The lowest BCUT2D eigenvalue weighted by Crippen LogP contribution is -2.33. The third kappa shape index (κ3) is 4.54. The SMILES string of the molecule is C[n+]1[nH]oc(=O)c1SCCC(=O)Nc1cc(C(F)(F)F)ccc1Cl. The van der Waals surface area contributed by atoms with E-state index in [9.17, 15) is 22.8 Å². The fourth-order valence-corrected chi connectivity index (χ4v) is 2.77. The van der Waals surface area contributed by atoms with Crippen LogP contribution in [0.5, 0.6) is 0 Å². The van der Waals surface area contributed by atoms with E-state index in [4.69, 9.17) is 11.6 Å². The summed E-state index contributed by atoms with van der Waals surface area (Å²) in [7, 11) is 1.57. The molecular formula is C13H12ClF3N3O3S+. The molecule has 0 aliphatic heterocycles. The third-order valence-electron chi connectivity index (χ3n) is 2.89. The summed E-state index contributed by atoms with van der Waals surface area (Å²) in [5.74, 6) is -0.287. The van der Waals surface area contributed by atoms with Crippen LogP contribution in [0.1, 0.15) is 12.0 Å². The molecule has 2 aromatic rings. The molecule has 0 aliphatic carbocycles. The molecule has 0 radical (unpaired) electrons. The van der Waals surface area contributed by atoms with Crippen molar-refractivity contribution >= 4 is 35.0 Å². The number of carbonyl (C=O) groups excluding carboxylic acids is 1. The van der Waals surface area contributed by atoms with Gasteiger partial charge < -0.3 is 5.32 Å². The van der Waals surface area contributed by atoms with Crippen molar-refractivity contribution < 1.29 is 27.2 Å². The van der Waals surface area contributed by atoms with Crippen LogP contribution in [0, 0.1) is 0 Å². The molecule has 1 aromatic heterocycles. The van der Waals surface area contributed by atoms with Gasteiger partial charge in [-0.05, 0) is 35.2 Å². The summed E-state index contributed by atoms with van der Waals surface area (Å²) in [4.78, 5) is 23.2. The maximum Gasteiger partial charge on any atom is 0.441 e. The van der Waals surface area contributed by atoms with Crippen LogP contribution < -0.4 is 15.6 Å². The molecule has 0 fully saturated rings. The van der Waals surface area contributed by atoms with Gasteiger partial charge in [0.15, 0.2) is 7.05 Å². The maximum absolute atomic E-state index is 12.7. The largest absolute Gasteiger partial charge is 0.441 e. The fraction of sp³-hybridized carbons (Fsp3) is 0.308. The number of amides is 1. The van der Waals surface area contributed by atoms with Gasteiger partial charge in [0.2, 0.25) is 5.91 Å². The maximum atomic E-state index is 12.7. The number of thioether (sulfide) groups is 1. The molecule has 11 heteroatoms. The highest BCUT2D eigenvalue weighted by atomic mass is 35.5. The average molecular weight is 383 g/mol. The van der Waals surface area contributed by atoms with Crippen LogP contribution >= 0.6 is 23.4 Å². The number of aromatic nitrogens is 2. The number of nitrogens with one attached hydrogen (secondary N) is 2. The van der Waals surface area contributed by atoms with E-state index >= 15 is 0 Å². The Kier molecular flexibility index (Phi) is 5.60. The number of halogens is 4. The monoisotopic (exact) mass is 382 g/mol. The lowest BCUT2D eigenvalue weighted by atomic mass is 10.2. The van der Waals surface area contributed by atoms with Crippen molar-refractivity contribution in [1.29, 1.82) is 0 Å². The van der Waals surface area contributed by atoms with Crippen LogP contribution in [0.4, 0.5) is 18.9 Å². The first-order valence-electron chi connectivity index (χ1n) is 6.55. The highest BCUT2D eigenvalue weighted by Crippen LogP contribution is 2.33. The molecule has 6 nitrogen and oxygen atoms in total. The van der Waals surface area contributed by atoms with Gasteiger partial charge in [0.25, 0.3) is 0 Å². The Labute approximate surface area is 142 Å². The second-order valence-electron chi connectivity index (χ2n) is 4.68. The highest BCUT2D eigenvalue weighted by molar-refractivity contribution is 7.99. The second-order valence-corrected chi connectivity index (χ2v) is 6.17. The summed E-state index contributed by atoms with van der Waals surface area (Å²) in [5, 5.41) is 4.94. The van der Waals surface area contributed by atoms with Gasteiger partial charge in [0.1, 0.15) is 0 Å². The lowest BCUT2D eigenvalue weighted by Gasteiger charge is -2.11. The van der Waals surface area contributed by atoms with Crippen LogP contribution in [0.25, 0.3) is 0 Å². The Balaban J connectivity index is 1.96. The standard InChI is InChI=1S/C13H11ClF3N3O3S/c1-20-11(12(22)23-19-20)24-5-4-10(21)18-9-6-7(13(15,16)17)2-3-8(9)14/h2-3,6H,4-5H2,1H3,(H-,18,19,21,22)/p+1. The van der Waals surface area contributed by atoms with Crippen LogP contribution in [0.2, 0.25) is 5.02 Å². The van der Waals surface area contributed by atoms with Crippen LogP contribution in [0.15, 0.2) is 32.5 Å². The van der Waals surface area contributed by atoms with Gasteiger partial charge in [-0.25, -0.2) is 4.79 Å². The van der Waals surface area contributed by atoms with Crippen molar-refractivity contribution in [3.05, 3.63) is 39.2 Å². The second kappa shape index (κ2) is 7.31. The number of nitrogens with zero attached hydrogens (tertiary/aromatic N) is 1. The van der Waals surface area contributed by atoms with Gasteiger partial charge in [-0.1, -0.05) is 16.3 Å². The molecule has 1 heterocycles. The van der Waals surface area contributed by atoms with E-state index in [1.807, 2.05) is 0 Å². The molecule has 0 aliphatic rings. The minimum absolute atomic E-state index is 0.00156. The molecule has 0 saturated heterocycles. The summed E-state index contributed by atoms with van der Waals surface area (Å²) < 4.78 is 43.9. The van der Waals surface area contributed by atoms with Gasteiger partial charge in [-0.15, -0.1) is 0 Å². The van der Waals surface area contributed by atoms with E-state index in [-0.39, 0.29) is 27.9 Å². The first kappa shape index (κ1) is 18.4. The molecule has 1 amide bonds. The molecule has 0 spiro atoms. The molecule has 2 rings (SSSR count). The number of hydrogen-bond donors (Lipinski definition) is 2. The summed E-state index contributed by atoms with van der Waals surface area (Å²) in [6.07, 6.45) is -4.56. The Morgan fingerprint density at radius 3 is 2.75 bits per heavy atom. The van der Waals surface area contributed by atoms with Crippen LogP contribution in [0.3, 0.4) is 0 Å². The van der Waals surface area contributed by atoms with E-state index in [2.05, 4.69) is 15.1 Å². The number of H-pyrrole nitrogens is 1. The Morgan fingerprint density at radius 1 is 1.46 bits per heavy atom. The number of aromatic amines is 1. The van der Waals surface area contributed by atoms with Crippen molar-refractivity contribution in [2.75, 3.05) is 11.1 Å². The molecule has 0 atom stereocenters. The molecule has 24 heavy (non-hydrogen) atoms. The summed E-state index contributed by atoms with van der Waals surface area (Å²) in [5.41, 5.74) is -1.59. The first-order chi connectivity index (χ1) is 11.2. The van der Waals surface area contributed by atoms with E-state index in [0.29, 0.717) is 0 Å². The fourth-order valence-electron chi connectivity index (χ4n) is 1.74. The zero-order valence-electron chi connectivity index (χ0n) is 12.2. The van der Waals surface area contributed by atoms with E-state index < -0.39 is 23.3 Å². The van der Waals surface area contributed by atoms with Crippen molar-refractivity contribution in [3.8, 4) is 0 Å². The molecule has 0 unspecified atom stereocenters. The van der Waals surface area contributed by atoms with Crippen LogP contribution in [-0.2, 0) is 18.0 Å². The zero-order valence-corrected chi connectivity index (χ0v) is 13.8. The Bertz CT molecular complexity index is 804. The van der Waals surface area contributed by atoms with E-state index in [1.165, 1.54) is 4.68 Å². The Hall–Kier alpha value is -1.94. The highest BCUT2D eigenvalue weighted by Gasteiger charge is 2.31. The van der Waals surface area contributed by atoms with Gasteiger partial charge in [-0.2, -0.15) is 13.2 Å². The molecular weight excluding hydrogens is 371 g/mol. The van der Waals surface area contributed by atoms with Crippen molar-refractivity contribution in [2.24, 2.45) is 7.05 Å². The number of carbonyl (C=O) groups is 1. The molecule has 1 aromatic carbocycles. The van der Waals surface area contributed by atoms with Gasteiger partial charge in [-0.3, -0.25) is 9.32 Å². The smallest absolute Gasteiger partial charge is 0.325 e. The minimum atomic E-state index is -4.53. The average Bonchev–Trinajstić information content (AvgIpc) is 2.80. The van der Waals surface area contributed by atoms with E-state index in [0.717, 1.165) is 30.0 Å². The quantitative estimate of drug-likeness (QED) is 0.615. The van der Waals surface area contributed by atoms with Crippen molar-refractivity contribution in [1.82, 2.24) is 5.27 Å². The zero-order chi connectivity index (χ0) is 17.9. The van der Waals surface area contributed by atoms with Gasteiger partial charge in [0, 0.05) is 12.2 Å². The van der Waals surface area contributed by atoms with Gasteiger partial charge in [0.05, 0.1) is 16.3 Å². The number of hydrogen-bond acceptors (Lipinski definition) is 4. The normalized spacial score (nSPS) is 11.5. The van der Waals surface area contributed by atoms with E-state index in [1.54, 1.807) is 7.05 Å². The molecule has 0 saturated carbocycles. The molecule has 0 bridgehead atoms. The summed E-state index contributed by atoms with van der Waals surface area (Å²) in [6, 6.07) is 2.67. The lowest BCUT2D eigenvalue weighted by molar-refractivity contribution is -0.772. The first-order valence-corrected chi connectivity index (χ1v) is 7.91. The Morgan fingerprint density at radius 2 is 2.17 bits per heavy atom. The van der Waals surface area contributed by atoms with Crippen molar-refractivity contribution in [3.63, 3.8) is 0 Å². The molecule has 2 N–H and O–H groups in total. The topological polar surface area (TPSA) is 79.0 Å². The van der Waals surface area contributed by atoms with Gasteiger partial charge >= 0.3 is 16.8 Å². The number of alkyl halides is 3.